The number of benzene rings is 4. The minimum Gasteiger partial charge on any atom is -0.493 e. The Hall–Kier alpha value is -5.81. The van der Waals surface area contributed by atoms with Gasteiger partial charge in [-0.25, -0.2) is 14.4 Å². The fourth-order valence-corrected chi connectivity index (χ4v) is 5.51. The number of methoxy groups -OCH3 is 2. The summed E-state index contributed by atoms with van der Waals surface area (Å²) in [5, 5.41) is 3.81. The number of alkyl carbamates (subject to hydrolysis) is 1. The van der Waals surface area contributed by atoms with Gasteiger partial charge in [-0.05, 0) is 37.3 Å². The molecular weight excluding hydrogens is 642 g/mol. The first-order valence-corrected chi connectivity index (χ1v) is 16.0. The van der Waals surface area contributed by atoms with Gasteiger partial charge in [-0.2, -0.15) is 0 Å². The third-order valence-corrected chi connectivity index (χ3v) is 7.90. The molecule has 0 unspecified atom stereocenters. The van der Waals surface area contributed by atoms with Crippen LogP contribution in [-0.2, 0) is 29.3 Å². The minimum absolute atomic E-state index is 0.00770. The van der Waals surface area contributed by atoms with E-state index in [2.05, 4.69) is 11.9 Å². The predicted octanol–water partition coefficient (Wildman–Crippen LogP) is 6.23. The number of fused-ring (bicyclic) bond motifs is 3. The van der Waals surface area contributed by atoms with Gasteiger partial charge < -0.3 is 38.5 Å². The van der Waals surface area contributed by atoms with Gasteiger partial charge in [-0.15, -0.1) is 0 Å². The highest BCUT2D eigenvalue weighted by molar-refractivity contribution is 6.06. The lowest BCUT2D eigenvalue weighted by molar-refractivity contribution is -0.138. The molecule has 0 saturated carbocycles. The Kier molecular flexibility index (Phi) is 11.7. The molecule has 1 heterocycles. The van der Waals surface area contributed by atoms with Crippen LogP contribution in [0.5, 0.6) is 17.2 Å². The number of hydrogen-bond donors (Lipinski definition) is 1. The Morgan fingerprint density at radius 2 is 1.44 bits per heavy atom. The lowest BCUT2D eigenvalue weighted by atomic mass is 9.82. The molecule has 5 rings (SSSR count). The molecule has 0 spiro atoms. The van der Waals surface area contributed by atoms with Crippen LogP contribution in [-0.4, -0.2) is 71.8 Å². The highest BCUT2D eigenvalue weighted by Gasteiger charge is 2.39. The Labute approximate surface area is 290 Å². The molecule has 1 amide bonds. The summed E-state index contributed by atoms with van der Waals surface area (Å²) in [5.74, 6) is 0.322. The summed E-state index contributed by atoms with van der Waals surface area (Å²) in [5.41, 5.74) is 1.95. The maximum atomic E-state index is 13.6. The topological polar surface area (TPSA) is 128 Å². The van der Waals surface area contributed by atoms with Crippen LogP contribution in [0.2, 0.25) is 0 Å². The zero-order valence-electron chi connectivity index (χ0n) is 28.2. The van der Waals surface area contributed by atoms with Crippen molar-refractivity contribution in [3.05, 3.63) is 119 Å². The molecule has 0 radical (unpaired) electrons. The largest absolute Gasteiger partial charge is 0.493 e. The van der Waals surface area contributed by atoms with E-state index in [1.54, 1.807) is 26.4 Å². The van der Waals surface area contributed by atoms with Crippen LogP contribution in [0.3, 0.4) is 0 Å². The lowest BCUT2D eigenvalue weighted by Crippen LogP contribution is -2.34. The number of amides is 1. The molecule has 50 heavy (non-hydrogen) atoms. The molecule has 11 heteroatoms. The molecule has 1 aliphatic heterocycles. The predicted molar refractivity (Wildman–Crippen MR) is 187 cm³/mol. The molecule has 0 bridgehead atoms. The lowest BCUT2D eigenvalue weighted by Gasteiger charge is -2.37. The fraction of sp³-hybridized carbons (Fsp3) is 0.256. The van der Waals surface area contributed by atoms with Gasteiger partial charge >= 0.3 is 18.0 Å². The van der Waals surface area contributed by atoms with Gasteiger partial charge in [0, 0.05) is 33.0 Å². The molecule has 4 aromatic carbocycles. The fourth-order valence-electron chi connectivity index (χ4n) is 5.51. The van der Waals surface area contributed by atoms with Gasteiger partial charge in [-0.1, -0.05) is 67.2 Å². The van der Waals surface area contributed by atoms with E-state index in [1.807, 2.05) is 78.9 Å². The summed E-state index contributed by atoms with van der Waals surface area (Å²) in [6, 6.07) is 25.2. The summed E-state index contributed by atoms with van der Waals surface area (Å²) in [6.45, 7) is 5.16. The summed E-state index contributed by atoms with van der Waals surface area (Å²) < 4.78 is 39.4. The standard InChI is InChI=1S/C39H39NO10/c1-26(2)36(41)47-20-19-40-38(43)49-24-22-46-21-23-48-37(42)32-25-31-29(15-16-33(44-3)35(31)45-4)34-30(32)17-18-39(50-34,27-11-7-5-8-12-27)28-13-9-6-10-14-28/h5-18,25H,1,19-24H2,2-4H3,(H,40,43). The van der Waals surface area contributed by atoms with E-state index in [-0.39, 0.29) is 50.7 Å². The molecular formula is C39H39NO10. The van der Waals surface area contributed by atoms with Gasteiger partial charge in [0.05, 0.1) is 39.5 Å². The van der Waals surface area contributed by atoms with Crippen molar-refractivity contribution in [2.75, 3.05) is 53.8 Å². The second-order valence-corrected chi connectivity index (χ2v) is 11.2. The van der Waals surface area contributed by atoms with E-state index in [0.717, 1.165) is 16.5 Å². The van der Waals surface area contributed by atoms with E-state index in [0.29, 0.717) is 28.2 Å². The normalized spacial score (nSPS) is 12.6. The molecule has 0 atom stereocenters. The number of ether oxygens (including phenoxy) is 7. The zero-order valence-corrected chi connectivity index (χ0v) is 28.2. The average molecular weight is 682 g/mol. The molecule has 0 saturated heterocycles. The summed E-state index contributed by atoms with van der Waals surface area (Å²) in [6.07, 6.45) is 3.17. The second kappa shape index (κ2) is 16.5. The van der Waals surface area contributed by atoms with Crippen molar-refractivity contribution in [2.45, 2.75) is 12.5 Å². The van der Waals surface area contributed by atoms with E-state index in [4.69, 9.17) is 33.2 Å². The van der Waals surface area contributed by atoms with Gasteiger partial charge in [0.1, 0.15) is 25.6 Å². The number of esters is 2. The molecule has 260 valence electrons. The van der Waals surface area contributed by atoms with Crippen LogP contribution in [0.15, 0.2) is 97.1 Å². The first-order valence-electron chi connectivity index (χ1n) is 16.0. The van der Waals surface area contributed by atoms with Crippen LogP contribution in [0.25, 0.3) is 16.8 Å². The first kappa shape index (κ1) is 35.5. The molecule has 11 nitrogen and oxygen atoms in total. The zero-order chi connectivity index (χ0) is 35.5. The molecule has 4 aromatic rings. The summed E-state index contributed by atoms with van der Waals surface area (Å²) >= 11 is 0. The van der Waals surface area contributed by atoms with Crippen molar-refractivity contribution in [3.63, 3.8) is 0 Å². The highest BCUT2D eigenvalue weighted by atomic mass is 16.6. The van der Waals surface area contributed by atoms with Crippen LogP contribution in [0.1, 0.15) is 34.0 Å². The highest BCUT2D eigenvalue weighted by Crippen LogP contribution is 2.49. The minimum atomic E-state index is -0.984. The Morgan fingerprint density at radius 3 is 2.06 bits per heavy atom. The second-order valence-electron chi connectivity index (χ2n) is 11.2. The van der Waals surface area contributed by atoms with E-state index < -0.39 is 23.6 Å². The Morgan fingerprint density at radius 1 is 0.780 bits per heavy atom. The SMILES string of the molecule is C=C(C)C(=O)OCCNC(=O)OCCOCCOC(=O)c1cc2c(OC)c(OC)ccc2c2c1C=CC(c1ccccc1)(c1ccccc1)O2. The monoisotopic (exact) mass is 681 g/mol. The van der Waals surface area contributed by atoms with Crippen molar-refractivity contribution < 1.29 is 47.5 Å². The van der Waals surface area contributed by atoms with E-state index in [9.17, 15) is 14.4 Å². The molecule has 1 N–H and O–H groups in total. The smallest absolute Gasteiger partial charge is 0.407 e. The number of carbonyl (C=O) groups excluding carboxylic acids is 3. The average Bonchev–Trinajstić information content (AvgIpc) is 3.15. The number of carbonyl (C=O) groups is 3. The Bertz CT molecular complexity index is 1830. The van der Waals surface area contributed by atoms with E-state index in [1.165, 1.54) is 6.92 Å². The quantitative estimate of drug-likeness (QED) is 0.0668. The van der Waals surface area contributed by atoms with Gasteiger partial charge in [-0.3, -0.25) is 0 Å². The van der Waals surface area contributed by atoms with Crippen LogP contribution in [0.4, 0.5) is 4.79 Å². The summed E-state index contributed by atoms with van der Waals surface area (Å²) in [4.78, 5) is 36.8. The maximum absolute atomic E-state index is 13.6. The Balaban J connectivity index is 1.30. The molecule has 0 fully saturated rings. The van der Waals surface area contributed by atoms with Crippen LogP contribution >= 0.6 is 0 Å². The number of rotatable bonds is 15. The van der Waals surface area contributed by atoms with E-state index >= 15 is 0 Å². The molecule has 1 aliphatic rings. The first-order chi connectivity index (χ1) is 24.3. The van der Waals surface area contributed by atoms with Crippen LogP contribution in [0, 0.1) is 0 Å². The van der Waals surface area contributed by atoms with Crippen molar-refractivity contribution >= 4 is 34.9 Å². The van der Waals surface area contributed by atoms with Crippen LogP contribution < -0.4 is 19.5 Å². The third-order valence-electron chi connectivity index (χ3n) is 7.90. The van der Waals surface area contributed by atoms with Crippen molar-refractivity contribution in [2.24, 2.45) is 0 Å². The van der Waals surface area contributed by atoms with Crippen molar-refractivity contribution in [1.29, 1.82) is 0 Å². The number of hydrogen-bond acceptors (Lipinski definition) is 10. The third kappa shape index (κ3) is 7.90. The van der Waals surface area contributed by atoms with Gasteiger partial charge in [0.2, 0.25) is 0 Å². The van der Waals surface area contributed by atoms with Gasteiger partial charge in [0.15, 0.2) is 17.1 Å². The van der Waals surface area contributed by atoms with Gasteiger partial charge in [0.25, 0.3) is 0 Å². The molecule has 0 aromatic heterocycles. The maximum Gasteiger partial charge on any atom is 0.407 e. The molecule has 0 aliphatic carbocycles. The van der Waals surface area contributed by atoms with Crippen molar-refractivity contribution in [1.82, 2.24) is 5.32 Å². The van der Waals surface area contributed by atoms with Crippen molar-refractivity contribution in [3.8, 4) is 17.2 Å². The summed E-state index contributed by atoms with van der Waals surface area (Å²) in [7, 11) is 3.09. The number of nitrogens with one attached hydrogen (secondary N) is 1.